The zero-order valence-electron chi connectivity index (χ0n) is 67.2. The molecule has 0 spiro atoms. The maximum Gasteiger partial charge on any atom is 0.349 e. The number of phenolic OH excluding ortho intramolecular Hbond substituents is 3. The monoisotopic (exact) mass is 1810 g/mol. The quantitative estimate of drug-likeness (QED) is 0.0362. The largest absolute Gasteiger partial charge is 0.508 e. The minimum Gasteiger partial charge on any atom is -0.508 e. The second-order valence-corrected chi connectivity index (χ2v) is 32.4. The molecule has 6 aromatic carbocycles. The Kier molecular flexibility index (Phi) is 29.3. The Morgan fingerprint density at radius 1 is 0.704 bits per heavy atom. The average Bonchev–Trinajstić information content (AvgIpc) is 0.762. The van der Waals surface area contributed by atoms with Crippen molar-refractivity contribution in [1.29, 1.82) is 0 Å². The Bertz CT molecular complexity index is 5420. The number of aromatic nitrogens is 2. The molecule has 39 nitrogen and oxygen atoms in total. The predicted molar refractivity (Wildman–Crippen MR) is 445 cm³/mol. The molecule has 14 rings (SSSR count). The summed E-state index contributed by atoms with van der Waals surface area (Å²) in [6, 6.07) is 5.89. The minimum atomic E-state index is -2.39. The van der Waals surface area contributed by atoms with Crippen molar-refractivity contribution in [1.82, 2.24) is 62.9 Å². The van der Waals surface area contributed by atoms with Crippen LogP contribution in [-0.4, -0.2) is 215 Å². The fourth-order valence-corrected chi connectivity index (χ4v) is 15.7. The van der Waals surface area contributed by atoms with E-state index in [4.69, 9.17) is 80.6 Å². The molecular formula is C82H90Cl4N14O25. The summed E-state index contributed by atoms with van der Waals surface area (Å²) in [5.74, 6) is -16.0. The van der Waals surface area contributed by atoms with Crippen LogP contribution in [0.1, 0.15) is 111 Å². The number of likely N-dealkylation sites (N-methyl/N-ethyl adjacent to an activating group) is 1. The van der Waals surface area contributed by atoms with E-state index < -0.39 is 254 Å². The SMILES string of the molecule is CNNC(=O)[C@@H]1NC(=O)[C@H]2NC(=O)[C@H](NC(=O)[C@@H]3NC(=O)[C@H](CC(N)=O)NC(=O)[C@H](NC(=O)[C@@H](CC(C)C)NC)[C@H](O)c4ccc(c(Cl)c4)Oc4cc3cc(c4O[C@@H]3O[C@H](CO)[C@@H](O)[C@H](O)[C@H]3O[C@H]3C[C@](C)(NCCn4ccc(NC(=O)C=Cc5ccc(Cl)c(Cl)c5)nc4=O)[C@H](O)[C@H](C)O3)Oc3ccc(cc3Cl)[C@H]2O)c2ccc(O)c(c2)-c2c(O)cc(O)cc21. The highest BCUT2D eigenvalue weighted by Crippen LogP contribution is 2.50. The van der Waals surface area contributed by atoms with Crippen molar-refractivity contribution in [3.63, 3.8) is 0 Å². The number of ether oxygens (including phenoxy) is 6. The molecule has 7 aromatic rings. The minimum absolute atomic E-state index is 0.0428. The van der Waals surface area contributed by atoms with Crippen LogP contribution in [0.2, 0.25) is 20.1 Å². The van der Waals surface area contributed by atoms with Crippen LogP contribution in [0.5, 0.6) is 46.0 Å². The van der Waals surface area contributed by atoms with Gasteiger partial charge < -0.3 is 128 Å². The fourth-order valence-electron chi connectivity index (χ4n) is 14.9. The van der Waals surface area contributed by atoms with Gasteiger partial charge in [-0.2, -0.15) is 4.98 Å². The van der Waals surface area contributed by atoms with Crippen LogP contribution < -0.4 is 84.3 Å². The standard InChI is InChI=1S/C82H90Cl4N14O25/c1-33(2)21-47(88-5)73(112)97-64-66(107)37-10-14-51(45(85)24-37)121-53-26-39-27-54(70(53)125-80-71(69(110)68(109)55(32-101)123-80)124-59-31-82(4,72(111)34(3)120-59)90-18-20-100-19-17-57(93-81(100)119)92-58(106)16-8-35-7-12-43(83)44(84)22-35)122-52-15-11-38(25-46(52)86)67(108)65-78(117)96-63(79(118)99-89-6)42-28-40(102)29-50(104)60(42)41-23-36(9-13-49(41)103)61(75(114)98-65)95-76(115)62(39)94-74(113)48(30-56(87)105)91-77(64)116/h7-17,19,22-29,33-34,47-48,55,59,61-69,71-72,80,88-90,101-104,107-111H,18,20-21,30-32H2,1-6H3,(H2,87,105)(H,91,116)(H,94,113)(H,95,115)(H,96,117)(H,97,112)(H,98,114)(H,99,118)(H,92,93,106,119)/t34-,47+,48-,55+,59-,61+,62+,63+,64+,65-,66+,67+,68+,69-,71+,72+,80-,82-/m0/s1. The zero-order valence-corrected chi connectivity index (χ0v) is 70.2. The number of amides is 9. The molecule has 22 N–H and O–H groups in total. The van der Waals surface area contributed by atoms with Crippen molar-refractivity contribution < 1.29 is 118 Å². The first-order chi connectivity index (χ1) is 59.3. The van der Waals surface area contributed by atoms with E-state index in [9.17, 15) is 69.9 Å². The van der Waals surface area contributed by atoms with E-state index in [1.807, 2.05) is 13.8 Å². The number of phenols is 3. The molecule has 1 aromatic heterocycles. The number of carbonyl (C=O) groups is 9. The lowest BCUT2D eigenvalue weighted by molar-refractivity contribution is -0.334. The third kappa shape index (κ3) is 21.1. The number of primary amides is 1. The van der Waals surface area contributed by atoms with Crippen molar-refractivity contribution in [2.45, 2.75) is 163 Å². The molecule has 2 saturated heterocycles. The van der Waals surface area contributed by atoms with Gasteiger partial charge in [-0.05, 0) is 145 Å². The number of fused-ring (bicyclic) bond motifs is 15. The lowest BCUT2D eigenvalue weighted by Gasteiger charge is -2.48. The third-order valence-corrected chi connectivity index (χ3v) is 22.7. The molecule has 9 amide bonds. The number of nitrogens with two attached hydrogens (primary N) is 1. The predicted octanol–water partition coefficient (Wildman–Crippen LogP) is 2.12. The van der Waals surface area contributed by atoms with Gasteiger partial charge in [0, 0.05) is 61.6 Å². The molecular weight excluding hydrogens is 1720 g/mol. The van der Waals surface area contributed by atoms with Crippen LogP contribution in [-0.2, 0) is 63.9 Å². The van der Waals surface area contributed by atoms with Gasteiger partial charge in [0.2, 0.25) is 59.3 Å². The number of hydrogen-bond donors (Lipinski definition) is 21. The van der Waals surface area contributed by atoms with E-state index >= 15 is 24.0 Å². The Labute approximate surface area is 731 Å². The van der Waals surface area contributed by atoms with Crippen LogP contribution in [0.4, 0.5) is 5.82 Å². The van der Waals surface area contributed by atoms with E-state index in [1.54, 1.807) is 25.1 Å². The number of aromatic hydroxyl groups is 3. The summed E-state index contributed by atoms with van der Waals surface area (Å²) in [5.41, 5.74) is 6.36. The van der Waals surface area contributed by atoms with E-state index in [-0.39, 0.29) is 65.1 Å². The van der Waals surface area contributed by atoms with Crippen molar-refractivity contribution in [2.75, 3.05) is 32.6 Å². The van der Waals surface area contributed by atoms with E-state index in [0.717, 1.165) is 66.7 Å². The Hall–Kier alpha value is -11.4. The van der Waals surface area contributed by atoms with Gasteiger partial charge in [-0.15, -0.1) is 0 Å². The Morgan fingerprint density at radius 2 is 1.36 bits per heavy atom. The number of nitrogens with one attached hydrogen (secondary N) is 11. The van der Waals surface area contributed by atoms with E-state index in [1.165, 1.54) is 62.1 Å². The fraction of sp³-hybridized carbons (Fsp3) is 0.378. The van der Waals surface area contributed by atoms with Gasteiger partial charge >= 0.3 is 5.69 Å². The maximum absolute atomic E-state index is 16.3. The van der Waals surface area contributed by atoms with Gasteiger partial charge in [0.15, 0.2) is 23.9 Å². The highest BCUT2D eigenvalue weighted by molar-refractivity contribution is 6.42. The van der Waals surface area contributed by atoms with Gasteiger partial charge in [-0.25, -0.2) is 10.2 Å². The number of nitrogens with zero attached hydrogens (tertiary/aromatic N) is 2. The number of halogens is 4. The van der Waals surface area contributed by atoms with Gasteiger partial charge in [-0.1, -0.05) is 84.5 Å². The molecule has 7 aliphatic heterocycles. The number of benzene rings is 6. The smallest absolute Gasteiger partial charge is 0.349 e. The number of aliphatic hydroxyl groups excluding tert-OH is 6. The topological polar surface area (TPSA) is 584 Å². The lowest BCUT2D eigenvalue weighted by atomic mass is 9.85. The summed E-state index contributed by atoms with van der Waals surface area (Å²) in [5, 5.41) is 130. The molecule has 11 bridgehead atoms. The highest BCUT2D eigenvalue weighted by Gasteiger charge is 2.52. The molecule has 7 aliphatic rings. The number of carbonyl (C=O) groups excluding carboxylic acids is 9. The summed E-state index contributed by atoms with van der Waals surface area (Å²) in [7, 11) is 2.75. The summed E-state index contributed by atoms with van der Waals surface area (Å²) < 4.78 is 40.6. The van der Waals surface area contributed by atoms with Crippen molar-refractivity contribution in [2.24, 2.45) is 11.7 Å². The van der Waals surface area contributed by atoms with Gasteiger partial charge in [0.1, 0.15) is 101 Å². The van der Waals surface area contributed by atoms with Crippen LogP contribution in [0.15, 0.2) is 120 Å². The molecule has 2 fully saturated rings. The van der Waals surface area contributed by atoms with Gasteiger partial charge in [0.25, 0.3) is 5.91 Å². The summed E-state index contributed by atoms with van der Waals surface area (Å²) in [4.78, 5) is 150. The van der Waals surface area contributed by atoms with Crippen LogP contribution in [0.3, 0.4) is 0 Å². The summed E-state index contributed by atoms with van der Waals surface area (Å²) in [6.07, 6.45) is -15.4. The second-order valence-electron chi connectivity index (χ2n) is 30.7. The Balaban J connectivity index is 0.992. The summed E-state index contributed by atoms with van der Waals surface area (Å²) >= 11 is 26.5. The first-order valence-electron chi connectivity index (χ1n) is 39.0. The molecule has 8 heterocycles. The molecule has 0 radical (unpaired) electrons. The maximum atomic E-state index is 16.3. The van der Waals surface area contributed by atoms with E-state index in [2.05, 4.69) is 63.7 Å². The molecule has 18 atom stereocenters. The van der Waals surface area contributed by atoms with Crippen molar-refractivity contribution >= 4 is 111 Å². The molecule has 0 unspecified atom stereocenters. The molecule has 0 aliphatic carbocycles. The summed E-state index contributed by atoms with van der Waals surface area (Å²) in [6.45, 7) is 5.58. The number of hydrazine groups is 1. The normalized spacial score (nSPS) is 26.0. The number of aliphatic hydroxyl groups is 6. The van der Waals surface area contributed by atoms with E-state index in [0.29, 0.717) is 10.6 Å². The first-order valence-corrected chi connectivity index (χ1v) is 40.5. The number of anilines is 1. The molecule has 666 valence electrons. The average molecular weight is 1810 g/mol. The Morgan fingerprint density at radius 3 is 1.99 bits per heavy atom. The number of rotatable bonds is 21. The van der Waals surface area contributed by atoms with Crippen molar-refractivity contribution in [3.8, 4) is 57.1 Å². The second kappa shape index (κ2) is 39.5. The first kappa shape index (κ1) is 92.8. The van der Waals surface area contributed by atoms with Crippen LogP contribution in [0, 0.1) is 5.92 Å². The highest BCUT2D eigenvalue weighted by atomic mass is 35.5. The van der Waals surface area contributed by atoms with Gasteiger partial charge in [0.05, 0.1) is 51.4 Å². The molecule has 125 heavy (non-hydrogen) atoms. The zero-order chi connectivity index (χ0) is 90.5. The lowest BCUT2D eigenvalue weighted by Crippen LogP contribution is -2.65. The van der Waals surface area contributed by atoms with Crippen LogP contribution in [0.25, 0.3) is 17.2 Å². The molecule has 0 saturated carbocycles. The van der Waals surface area contributed by atoms with Crippen molar-refractivity contribution in [3.05, 3.63) is 179 Å². The van der Waals surface area contributed by atoms with Gasteiger partial charge in [-0.3, -0.25) is 53.1 Å². The molecule has 43 heteroatoms. The third-order valence-electron chi connectivity index (χ3n) is 21.4. The number of hydrogen-bond acceptors (Lipinski definition) is 29. The van der Waals surface area contributed by atoms with Crippen LogP contribution >= 0.6 is 46.4 Å².